The van der Waals surface area contributed by atoms with Crippen molar-refractivity contribution in [3.05, 3.63) is 66.2 Å². The van der Waals surface area contributed by atoms with E-state index >= 15 is 0 Å². The Kier molecular flexibility index (Phi) is 4.84. The highest BCUT2D eigenvalue weighted by Crippen LogP contribution is 2.17. The molecule has 0 aliphatic rings. The van der Waals surface area contributed by atoms with Crippen LogP contribution >= 0.6 is 0 Å². The highest BCUT2D eigenvalue weighted by Gasteiger charge is 2.15. The molecule has 0 saturated heterocycles. The molecule has 28 heavy (non-hydrogen) atoms. The number of amides is 1. The van der Waals surface area contributed by atoms with Gasteiger partial charge >= 0.3 is 0 Å². The Hall–Kier alpha value is -3.55. The Labute approximate surface area is 162 Å². The maximum absolute atomic E-state index is 12.7. The van der Waals surface area contributed by atoms with E-state index in [2.05, 4.69) is 33.1 Å². The largest absolute Gasteiger partial charge is 0.338 e. The molecule has 0 unspecified atom stereocenters. The minimum atomic E-state index is 0.0462. The lowest BCUT2D eigenvalue weighted by Crippen LogP contribution is -2.29. The zero-order valence-electron chi connectivity index (χ0n) is 15.9. The van der Waals surface area contributed by atoms with E-state index in [9.17, 15) is 4.79 Å². The predicted octanol–water partition coefficient (Wildman–Crippen LogP) is 2.23. The van der Waals surface area contributed by atoms with Crippen molar-refractivity contribution in [3.8, 4) is 5.69 Å². The number of aryl methyl sites for hydroxylation is 1. The van der Waals surface area contributed by atoms with Crippen molar-refractivity contribution >= 4 is 16.9 Å². The van der Waals surface area contributed by atoms with Crippen molar-refractivity contribution in [2.75, 3.05) is 7.05 Å². The van der Waals surface area contributed by atoms with Crippen molar-refractivity contribution in [1.82, 2.24) is 34.7 Å². The van der Waals surface area contributed by atoms with Crippen LogP contribution in [0.1, 0.15) is 18.3 Å². The molecular formula is C20H21N7O. The number of likely N-dealkylation sites (N-methyl/N-ethyl adjacent to an activating group) is 1. The van der Waals surface area contributed by atoms with Crippen LogP contribution in [0.4, 0.5) is 0 Å². The number of carbonyl (C=O) groups excluding carboxylic acids is 1. The van der Waals surface area contributed by atoms with E-state index < -0.39 is 0 Å². The molecular weight excluding hydrogens is 354 g/mol. The van der Waals surface area contributed by atoms with Crippen LogP contribution in [0.3, 0.4) is 0 Å². The van der Waals surface area contributed by atoms with Gasteiger partial charge in [-0.15, -0.1) is 5.10 Å². The van der Waals surface area contributed by atoms with Gasteiger partial charge < -0.3 is 9.47 Å². The van der Waals surface area contributed by atoms with Gasteiger partial charge in [-0.1, -0.05) is 24.3 Å². The molecule has 1 amide bonds. The van der Waals surface area contributed by atoms with Crippen LogP contribution in [0.15, 0.2) is 54.9 Å². The molecule has 2 heterocycles. The van der Waals surface area contributed by atoms with Crippen LogP contribution in [0.5, 0.6) is 0 Å². The molecule has 0 aliphatic heterocycles. The van der Waals surface area contributed by atoms with Gasteiger partial charge in [0.1, 0.15) is 12.2 Å². The molecule has 4 rings (SSSR count). The number of aromatic nitrogens is 6. The maximum Gasteiger partial charge on any atom is 0.227 e. The fourth-order valence-corrected chi connectivity index (χ4v) is 3.25. The minimum absolute atomic E-state index is 0.0462. The summed E-state index contributed by atoms with van der Waals surface area (Å²) in [7, 11) is 1.82. The van der Waals surface area contributed by atoms with Gasteiger partial charge in [-0.2, -0.15) is 0 Å². The molecule has 142 valence electrons. The van der Waals surface area contributed by atoms with Crippen molar-refractivity contribution in [3.63, 3.8) is 0 Å². The standard InChI is InChI=1S/C20H21N7O/c1-3-26-18-7-5-4-6-17(18)22-19(26)13-25(2)20(28)12-15-8-10-16(11-9-15)27-14-21-23-24-27/h4-11,14H,3,12-13H2,1-2H3. The third-order valence-corrected chi connectivity index (χ3v) is 4.76. The average molecular weight is 375 g/mol. The monoisotopic (exact) mass is 375 g/mol. The summed E-state index contributed by atoms with van der Waals surface area (Å²) in [6, 6.07) is 15.7. The Bertz CT molecular complexity index is 1080. The molecule has 8 heteroatoms. The van der Waals surface area contributed by atoms with E-state index in [-0.39, 0.29) is 5.91 Å². The van der Waals surface area contributed by atoms with Gasteiger partial charge in [-0.3, -0.25) is 4.79 Å². The molecule has 0 fully saturated rings. The Morgan fingerprint density at radius 2 is 1.89 bits per heavy atom. The lowest BCUT2D eigenvalue weighted by molar-refractivity contribution is -0.129. The Morgan fingerprint density at radius 1 is 1.11 bits per heavy atom. The SMILES string of the molecule is CCn1c(CN(C)C(=O)Cc2ccc(-n3cnnn3)cc2)nc2ccccc21. The highest BCUT2D eigenvalue weighted by molar-refractivity contribution is 5.79. The zero-order valence-corrected chi connectivity index (χ0v) is 15.9. The van der Waals surface area contributed by atoms with Gasteiger partial charge in [0.05, 0.1) is 29.7 Å². The first-order valence-electron chi connectivity index (χ1n) is 9.16. The number of benzene rings is 2. The summed E-state index contributed by atoms with van der Waals surface area (Å²) in [6.45, 7) is 3.38. The van der Waals surface area contributed by atoms with Crippen LogP contribution in [0.2, 0.25) is 0 Å². The van der Waals surface area contributed by atoms with E-state index in [4.69, 9.17) is 4.98 Å². The predicted molar refractivity (Wildman–Crippen MR) is 105 cm³/mol. The number of nitrogens with zero attached hydrogens (tertiary/aromatic N) is 7. The molecule has 4 aromatic rings. The van der Waals surface area contributed by atoms with Gasteiger partial charge in [0.2, 0.25) is 5.91 Å². The molecule has 0 aliphatic carbocycles. The van der Waals surface area contributed by atoms with Gasteiger partial charge in [-0.25, -0.2) is 9.67 Å². The minimum Gasteiger partial charge on any atom is -0.338 e. The van der Waals surface area contributed by atoms with Crippen molar-refractivity contribution in [1.29, 1.82) is 0 Å². The van der Waals surface area contributed by atoms with E-state index in [0.717, 1.165) is 34.7 Å². The van der Waals surface area contributed by atoms with E-state index in [1.807, 2.05) is 49.5 Å². The van der Waals surface area contributed by atoms with Crippen LogP contribution in [0, 0.1) is 0 Å². The third-order valence-electron chi connectivity index (χ3n) is 4.76. The lowest BCUT2D eigenvalue weighted by Gasteiger charge is -2.18. The topological polar surface area (TPSA) is 81.7 Å². The molecule has 2 aromatic heterocycles. The summed E-state index contributed by atoms with van der Waals surface area (Å²) < 4.78 is 3.73. The fourth-order valence-electron chi connectivity index (χ4n) is 3.25. The molecule has 2 aromatic carbocycles. The van der Waals surface area contributed by atoms with E-state index in [0.29, 0.717) is 13.0 Å². The molecule has 8 nitrogen and oxygen atoms in total. The van der Waals surface area contributed by atoms with Crippen LogP contribution in [0.25, 0.3) is 16.7 Å². The number of carbonyl (C=O) groups is 1. The second-order valence-electron chi connectivity index (χ2n) is 6.61. The molecule has 0 radical (unpaired) electrons. The average Bonchev–Trinajstić information content (AvgIpc) is 3.36. The number of rotatable bonds is 6. The molecule has 0 bridgehead atoms. The second kappa shape index (κ2) is 7.59. The summed E-state index contributed by atoms with van der Waals surface area (Å²) in [4.78, 5) is 19.1. The number of tetrazole rings is 1. The number of hydrogen-bond acceptors (Lipinski definition) is 5. The van der Waals surface area contributed by atoms with Gasteiger partial charge in [-0.05, 0) is 47.2 Å². The Morgan fingerprint density at radius 3 is 2.61 bits per heavy atom. The maximum atomic E-state index is 12.7. The second-order valence-corrected chi connectivity index (χ2v) is 6.61. The highest BCUT2D eigenvalue weighted by atomic mass is 16.2. The molecule has 0 atom stereocenters. The van der Waals surface area contributed by atoms with E-state index in [1.165, 1.54) is 6.33 Å². The van der Waals surface area contributed by atoms with Crippen molar-refractivity contribution in [2.45, 2.75) is 26.4 Å². The lowest BCUT2D eigenvalue weighted by atomic mass is 10.1. The first kappa shape index (κ1) is 17.8. The van der Waals surface area contributed by atoms with Crippen molar-refractivity contribution < 1.29 is 4.79 Å². The smallest absolute Gasteiger partial charge is 0.227 e. The van der Waals surface area contributed by atoms with Gasteiger partial charge in [0.25, 0.3) is 0 Å². The molecule has 0 spiro atoms. The first-order valence-corrected chi connectivity index (χ1v) is 9.16. The summed E-state index contributed by atoms with van der Waals surface area (Å²) in [5, 5.41) is 11.1. The number of para-hydroxylation sites is 2. The summed E-state index contributed by atoms with van der Waals surface area (Å²) in [5.41, 5.74) is 3.85. The normalized spacial score (nSPS) is 11.1. The van der Waals surface area contributed by atoms with E-state index in [1.54, 1.807) is 9.58 Å². The van der Waals surface area contributed by atoms with Crippen LogP contribution in [-0.2, 0) is 24.3 Å². The Balaban J connectivity index is 1.45. The summed E-state index contributed by atoms with van der Waals surface area (Å²) >= 11 is 0. The molecule has 0 saturated carbocycles. The summed E-state index contributed by atoms with van der Waals surface area (Å²) in [6.07, 6.45) is 1.87. The third kappa shape index (κ3) is 3.48. The number of imidazole rings is 1. The van der Waals surface area contributed by atoms with Crippen LogP contribution < -0.4 is 0 Å². The van der Waals surface area contributed by atoms with Crippen LogP contribution in [-0.4, -0.2) is 47.6 Å². The molecule has 0 N–H and O–H groups in total. The first-order chi connectivity index (χ1) is 13.7. The number of hydrogen-bond donors (Lipinski definition) is 0. The fraction of sp³-hybridized carbons (Fsp3) is 0.250. The quantitative estimate of drug-likeness (QED) is 0.516. The van der Waals surface area contributed by atoms with Gasteiger partial charge in [0.15, 0.2) is 0 Å². The number of fused-ring (bicyclic) bond motifs is 1. The summed E-state index contributed by atoms with van der Waals surface area (Å²) in [5.74, 6) is 0.943. The van der Waals surface area contributed by atoms with Crippen molar-refractivity contribution in [2.24, 2.45) is 0 Å². The zero-order chi connectivity index (χ0) is 19.5. The van der Waals surface area contributed by atoms with Gasteiger partial charge in [0, 0.05) is 13.6 Å².